The standard InChI is InChI=1S/C13H15FN2S/c1-8-11(13(2,3)15)17-12(16-8)9-5-4-6-10(14)7-9/h4-7H,15H2,1-3H3. The van der Waals surface area contributed by atoms with Gasteiger partial charge in [-0.05, 0) is 32.9 Å². The summed E-state index contributed by atoms with van der Waals surface area (Å²) in [5.41, 5.74) is 7.38. The van der Waals surface area contributed by atoms with Crippen LogP contribution in [-0.4, -0.2) is 4.98 Å². The van der Waals surface area contributed by atoms with Crippen LogP contribution < -0.4 is 5.73 Å². The van der Waals surface area contributed by atoms with Crippen LogP contribution in [-0.2, 0) is 5.54 Å². The van der Waals surface area contributed by atoms with Crippen LogP contribution in [0.25, 0.3) is 10.6 Å². The summed E-state index contributed by atoms with van der Waals surface area (Å²) in [5, 5.41) is 0.815. The Morgan fingerprint density at radius 3 is 2.59 bits per heavy atom. The molecular weight excluding hydrogens is 235 g/mol. The van der Waals surface area contributed by atoms with Crippen molar-refractivity contribution in [3.05, 3.63) is 40.7 Å². The van der Waals surface area contributed by atoms with Gasteiger partial charge in [-0.3, -0.25) is 0 Å². The predicted molar refractivity (Wildman–Crippen MR) is 69.5 cm³/mol. The quantitative estimate of drug-likeness (QED) is 0.886. The maximum Gasteiger partial charge on any atom is 0.124 e. The fourth-order valence-corrected chi connectivity index (χ4v) is 2.82. The molecule has 1 heterocycles. The maximum atomic E-state index is 13.1. The van der Waals surface area contributed by atoms with Gasteiger partial charge in [-0.1, -0.05) is 12.1 Å². The first-order chi connectivity index (χ1) is 7.88. The van der Waals surface area contributed by atoms with Gasteiger partial charge in [-0.15, -0.1) is 11.3 Å². The molecular formula is C13H15FN2S. The first-order valence-electron chi connectivity index (χ1n) is 5.40. The average Bonchev–Trinajstić information content (AvgIpc) is 2.60. The lowest BCUT2D eigenvalue weighted by atomic mass is 10.0. The molecule has 0 bridgehead atoms. The highest BCUT2D eigenvalue weighted by atomic mass is 32.1. The summed E-state index contributed by atoms with van der Waals surface area (Å²) >= 11 is 1.53. The SMILES string of the molecule is Cc1nc(-c2cccc(F)c2)sc1C(C)(C)N. The van der Waals surface area contributed by atoms with Crippen molar-refractivity contribution in [2.75, 3.05) is 0 Å². The number of aryl methyl sites for hydroxylation is 1. The average molecular weight is 250 g/mol. The molecule has 0 amide bonds. The van der Waals surface area contributed by atoms with Crippen molar-refractivity contribution in [1.29, 1.82) is 0 Å². The molecule has 1 aromatic heterocycles. The Labute approximate surface area is 104 Å². The second-order valence-electron chi connectivity index (χ2n) is 4.67. The van der Waals surface area contributed by atoms with Gasteiger partial charge >= 0.3 is 0 Å². The van der Waals surface area contributed by atoms with Crippen LogP contribution >= 0.6 is 11.3 Å². The monoisotopic (exact) mass is 250 g/mol. The first-order valence-corrected chi connectivity index (χ1v) is 6.22. The van der Waals surface area contributed by atoms with E-state index in [0.717, 1.165) is 21.1 Å². The third-order valence-electron chi connectivity index (χ3n) is 2.45. The topological polar surface area (TPSA) is 38.9 Å². The first kappa shape index (κ1) is 12.2. The summed E-state index contributed by atoms with van der Waals surface area (Å²) in [7, 11) is 0. The van der Waals surface area contributed by atoms with Gasteiger partial charge in [0.05, 0.1) is 5.69 Å². The predicted octanol–water partition coefficient (Wildman–Crippen LogP) is 3.45. The van der Waals surface area contributed by atoms with E-state index in [-0.39, 0.29) is 5.82 Å². The van der Waals surface area contributed by atoms with Crippen molar-refractivity contribution in [1.82, 2.24) is 4.98 Å². The Hall–Kier alpha value is -1.26. The molecule has 0 saturated heterocycles. The lowest BCUT2D eigenvalue weighted by Crippen LogP contribution is -2.28. The van der Waals surface area contributed by atoms with E-state index in [4.69, 9.17) is 5.73 Å². The minimum atomic E-state index is -0.409. The number of hydrogen-bond acceptors (Lipinski definition) is 3. The minimum absolute atomic E-state index is 0.246. The van der Waals surface area contributed by atoms with Crippen LogP contribution in [0.1, 0.15) is 24.4 Å². The number of benzene rings is 1. The molecule has 17 heavy (non-hydrogen) atoms. The van der Waals surface area contributed by atoms with Crippen molar-refractivity contribution >= 4 is 11.3 Å². The zero-order valence-corrected chi connectivity index (χ0v) is 10.9. The van der Waals surface area contributed by atoms with Crippen molar-refractivity contribution in [3.8, 4) is 10.6 Å². The summed E-state index contributed by atoms with van der Waals surface area (Å²) < 4.78 is 13.1. The number of nitrogens with zero attached hydrogens (tertiary/aromatic N) is 1. The lowest BCUT2D eigenvalue weighted by molar-refractivity contribution is 0.562. The highest BCUT2D eigenvalue weighted by molar-refractivity contribution is 7.15. The number of thiazole rings is 1. The van der Waals surface area contributed by atoms with Crippen LogP contribution in [0.3, 0.4) is 0 Å². The molecule has 2 rings (SSSR count). The lowest BCUT2D eigenvalue weighted by Gasteiger charge is -2.16. The summed E-state index contributed by atoms with van der Waals surface area (Å²) in [6.45, 7) is 5.83. The molecule has 4 heteroatoms. The Morgan fingerprint density at radius 2 is 2.06 bits per heavy atom. The summed E-state index contributed by atoms with van der Waals surface area (Å²) in [5.74, 6) is -0.246. The van der Waals surface area contributed by atoms with E-state index in [1.807, 2.05) is 26.8 Å². The van der Waals surface area contributed by atoms with Crippen molar-refractivity contribution in [2.24, 2.45) is 5.73 Å². The van der Waals surface area contributed by atoms with Crippen molar-refractivity contribution in [3.63, 3.8) is 0 Å². The second kappa shape index (κ2) is 4.20. The van der Waals surface area contributed by atoms with Crippen LogP contribution in [0.2, 0.25) is 0 Å². The van der Waals surface area contributed by atoms with Gasteiger partial charge in [0.15, 0.2) is 0 Å². The fraction of sp³-hybridized carbons (Fsp3) is 0.308. The van der Waals surface area contributed by atoms with Crippen LogP contribution in [0.4, 0.5) is 4.39 Å². The number of halogens is 1. The van der Waals surface area contributed by atoms with Gasteiger partial charge < -0.3 is 5.73 Å². The van der Waals surface area contributed by atoms with Crippen molar-refractivity contribution in [2.45, 2.75) is 26.3 Å². The van der Waals surface area contributed by atoms with E-state index in [2.05, 4.69) is 4.98 Å². The molecule has 2 N–H and O–H groups in total. The number of nitrogens with two attached hydrogens (primary N) is 1. The molecule has 2 aromatic rings. The van der Waals surface area contributed by atoms with Gasteiger partial charge in [0, 0.05) is 16.0 Å². The molecule has 0 radical (unpaired) electrons. The molecule has 0 atom stereocenters. The van der Waals surface area contributed by atoms with Gasteiger partial charge in [-0.2, -0.15) is 0 Å². The second-order valence-corrected chi connectivity index (χ2v) is 5.66. The highest BCUT2D eigenvalue weighted by Gasteiger charge is 2.21. The molecule has 0 aliphatic carbocycles. The molecule has 0 unspecified atom stereocenters. The third kappa shape index (κ3) is 2.53. The summed E-state index contributed by atoms with van der Waals surface area (Å²) in [4.78, 5) is 5.50. The van der Waals surface area contributed by atoms with Crippen LogP contribution in [0.15, 0.2) is 24.3 Å². The Bertz CT molecular complexity index is 541. The zero-order valence-electron chi connectivity index (χ0n) is 10.1. The van der Waals surface area contributed by atoms with E-state index in [1.165, 1.54) is 23.5 Å². The molecule has 0 aliphatic rings. The molecule has 90 valence electrons. The van der Waals surface area contributed by atoms with E-state index >= 15 is 0 Å². The largest absolute Gasteiger partial charge is 0.321 e. The van der Waals surface area contributed by atoms with Crippen LogP contribution in [0, 0.1) is 12.7 Å². The van der Waals surface area contributed by atoms with E-state index in [1.54, 1.807) is 6.07 Å². The van der Waals surface area contributed by atoms with Crippen molar-refractivity contribution < 1.29 is 4.39 Å². The third-order valence-corrected chi connectivity index (χ3v) is 4.00. The zero-order chi connectivity index (χ0) is 12.6. The number of rotatable bonds is 2. The molecule has 0 fully saturated rings. The summed E-state index contributed by atoms with van der Waals surface area (Å²) in [6.07, 6.45) is 0. The minimum Gasteiger partial charge on any atom is -0.321 e. The summed E-state index contributed by atoms with van der Waals surface area (Å²) in [6, 6.07) is 6.46. The Kier molecular flexibility index (Phi) is 3.02. The van der Waals surface area contributed by atoms with E-state index in [0.29, 0.717) is 0 Å². The number of hydrogen-bond donors (Lipinski definition) is 1. The number of aromatic nitrogens is 1. The van der Waals surface area contributed by atoms with Crippen LogP contribution in [0.5, 0.6) is 0 Å². The molecule has 2 nitrogen and oxygen atoms in total. The van der Waals surface area contributed by atoms with Gasteiger partial charge in [0.2, 0.25) is 0 Å². The molecule has 1 aromatic carbocycles. The van der Waals surface area contributed by atoms with Gasteiger partial charge in [0.1, 0.15) is 10.8 Å². The Morgan fingerprint density at radius 1 is 1.35 bits per heavy atom. The fourth-order valence-electron chi connectivity index (χ4n) is 1.74. The smallest absolute Gasteiger partial charge is 0.124 e. The highest BCUT2D eigenvalue weighted by Crippen LogP contribution is 2.33. The molecule has 0 spiro atoms. The van der Waals surface area contributed by atoms with E-state index in [9.17, 15) is 4.39 Å². The van der Waals surface area contributed by atoms with E-state index < -0.39 is 5.54 Å². The molecule has 0 aliphatic heterocycles. The van der Waals surface area contributed by atoms with Gasteiger partial charge in [0.25, 0.3) is 0 Å². The maximum absolute atomic E-state index is 13.1. The van der Waals surface area contributed by atoms with Gasteiger partial charge in [-0.25, -0.2) is 9.37 Å². The normalized spacial score (nSPS) is 11.8. The molecule has 0 saturated carbocycles. The Balaban J connectivity index is 2.49.